The number of halogens is 2. The zero-order chi connectivity index (χ0) is 22.5. The van der Waals surface area contributed by atoms with Crippen LogP contribution in [0.4, 0.5) is 9.18 Å². The highest BCUT2D eigenvalue weighted by atomic mass is 79.9. The monoisotopic (exact) mass is 509 g/mol. The molecule has 0 spiro atoms. The highest BCUT2D eigenvalue weighted by Crippen LogP contribution is 2.38. The zero-order valence-electron chi connectivity index (χ0n) is 16.5. The molecule has 2 aromatic carbocycles. The van der Waals surface area contributed by atoms with Crippen LogP contribution >= 0.6 is 27.7 Å². The number of carbonyl (C=O) groups excluding carboxylic acids is 3. The number of carbonyl (C=O) groups is 3. The average molecular weight is 510 g/mol. The summed E-state index contributed by atoms with van der Waals surface area (Å²) in [4.78, 5) is 37.7. The van der Waals surface area contributed by atoms with Gasteiger partial charge in [0.05, 0.1) is 25.7 Å². The van der Waals surface area contributed by atoms with E-state index in [-0.39, 0.29) is 18.1 Å². The van der Waals surface area contributed by atoms with Crippen LogP contribution in [0.3, 0.4) is 0 Å². The zero-order valence-corrected chi connectivity index (χ0v) is 18.9. The van der Waals surface area contributed by atoms with Gasteiger partial charge in [0.15, 0.2) is 18.1 Å². The van der Waals surface area contributed by atoms with Crippen molar-refractivity contribution >= 4 is 50.9 Å². The largest absolute Gasteiger partial charge is 0.493 e. The van der Waals surface area contributed by atoms with Crippen LogP contribution < -0.4 is 9.47 Å². The Bertz CT molecular complexity index is 1060. The van der Waals surface area contributed by atoms with Crippen LogP contribution in [0, 0.1) is 5.82 Å². The van der Waals surface area contributed by atoms with Crippen molar-refractivity contribution in [3.05, 3.63) is 62.7 Å². The van der Waals surface area contributed by atoms with Gasteiger partial charge in [0.25, 0.3) is 11.1 Å². The van der Waals surface area contributed by atoms with E-state index in [0.717, 1.165) is 16.7 Å². The van der Waals surface area contributed by atoms with Gasteiger partial charge in [0.1, 0.15) is 5.82 Å². The second kappa shape index (κ2) is 9.97. The fraction of sp³-hybridized carbons (Fsp3) is 0.190. The lowest BCUT2D eigenvalue weighted by Crippen LogP contribution is -2.27. The summed E-state index contributed by atoms with van der Waals surface area (Å²) in [6.07, 6.45) is 1.56. The van der Waals surface area contributed by atoms with Gasteiger partial charge in [0.2, 0.25) is 0 Å². The molecule has 0 unspecified atom stereocenters. The lowest BCUT2D eigenvalue weighted by atomic mass is 10.1. The normalized spacial score (nSPS) is 14.8. The first kappa shape index (κ1) is 22.8. The van der Waals surface area contributed by atoms with Gasteiger partial charge in [0, 0.05) is 4.47 Å². The smallest absolute Gasteiger partial charge is 0.343 e. The van der Waals surface area contributed by atoms with Crippen molar-refractivity contribution in [3.8, 4) is 11.5 Å². The number of thioether (sulfide) groups is 1. The van der Waals surface area contributed by atoms with Crippen molar-refractivity contribution in [1.29, 1.82) is 0 Å². The first-order valence-electron chi connectivity index (χ1n) is 8.89. The van der Waals surface area contributed by atoms with Crippen LogP contribution in [-0.2, 0) is 20.9 Å². The molecule has 162 valence electrons. The van der Waals surface area contributed by atoms with Gasteiger partial charge in [-0.3, -0.25) is 14.5 Å². The van der Waals surface area contributed by atoms with Gasteiger partial charge in [-0.25, -0.2) is 9.18 Å². The maximum Gasteiger partial charge on any atom is 0.343 e. The van der Waals surface area contributed by atoms with E-state index < -0.39 is 22.9 Å². The first-order chi connectivity index (χ1) is 14.8. The fourth-order valence-corrected chi connectivity index (χ4v) is 3.95. The van der Waals surface area contributed by atoms with Gasteiger partial charge in [-0.2, -0.15) is 0 Å². The van der Waals surface area contributed by atoms with E-state index in [1.807, 2.05) is 0 Å². The molecule has 7 nitrogen and oxygen atoms in total. The van der Waals surface area contributed by atoms with Gasteiger partial charge in [-0.1, -0.05) is 28.1 Å². The minimum atomic E-state index is -0.544. The fourth-order valence-electron chi connectivity index (χ4n) is 2.68. The minimum absolute atomic E-state index is 0.0487. The van der Waals surface area contributed by atoms with Crippen LogP contribution in [0.15, 0.2) is 45.8 Å². The Morgan fingerprint density at radius 2 is 1.87 bits per heavy atom. The van der Waals surface area contributed by atoms with Crippen molar-refractivity contribution in [2.24, 2.45) is 0 Å². The molecule has 0 aliphatic carbocycles. The van der Waals surface area contributed by atoms with E-state index in [1.54, 1.807) is 18.2 Å². The van der Waals surface area contributed by atoms with E-state index in [4.69, 9.17) is 9.47 Å². The molecule has 1 fully saturated rings. The average Bonchev–Trinajstić information content (AvgIpc) is 3.02. The van der Waals surface area contributed by atoms with Gasteiger partial charge in [-0.05, 0) is 53.2 Å². The standard InChI is InChI=1S/C21H17BrFNO6S/c1-28-16-7-13(15(22)9-17(16)30-11-19(25)29-2)8-18-20(26)24(21(27)31-18)10-12-3-5-14(23)6-4-12/h3-9H,10-11H2,1-2H3/b18-8+. The van der Waals surface area contributed by atoms with Crippen LogP contribution in [0.2, 0.25) is 0 Å². The number of imide groups is 1. The summed E-state index contributed by atoms with van der Waals surface area (Å²) in [6.45, 7) is -0.242. The topological polar surface area (TPSA) is 82.1 Å². The lowest BCUT2D eigenvalue weighted by Gasteiger charge is -2.13. The molecule has 0 N–H and O–H groups in total. The van der Waals surface area contributed by atoms with Crippen molar-refractivity contribution in [2.75, 3.05) is 20.8 Å². The number of methoxy groups -OCH3 is 2. The highest BCUT2D eigenvalue weighted by molar-refractivity contribution is 9.10. The van der Waals surface area contributed by atoms with Gasteiger partial charge in [-0.15, -0.1) is 0 Å². The molecule has 1 aliphatic rings. The summed E-state index contributed by atoms with van der Waals surface area (Å²) < 4.78 is 28.9. The molecule has 1 heterocycles. The predicted molar refractivity (Wildman–Crippen MR) is 116 cm³/mol. The maximum atomic E-state index is 13.1. The van der Waals surface area contributed by atoms with Crippen LogP contribution in [-0.4, -0.2) is 42.8 Å². The molecule has 1 aliphatic heterocycles. The SMILES string of the molecule is COC(=O)COc1cc(Br)c(/C=C2/SC(=O)N(Cc3ccc(F)cc3)C2=O)cc1OC. The van der Waals surface area contributed by atoms with Crippen LogP contribution in [0.1, 0.15) is 11.1 Å². The molecule has 0 atom stereocenters. The Balaban J connectivity index is 1.82. The van der Waals surface area contributed by atoms with Crippen molar-refractivity contribution in [1.82, 2.24) is 4.90 Å². The van der Waals surface area contributed by atoms with E-state index in [1.165, 1.54) is 38.5 Å². The summed E-state index contributed by atoms with van der Waals surface area (Å²) in [5.74, 6) is -0.742. The summed E-state index contributed by atoms with van der Waals surface area (Å²) in [7, 11) is 2.69. The molecule has 2 amide bonds. The molecular weight excluding hydrogens is 493 g/mol. The number of benzene rings is 2. The number of hydrogen-bond donors (Lipinski definition) is 0. The molecule has 0 aromatic heterocycles. The summed E-state index contributed by atoms with van der Waals surface area (Å²) >= 11 is 4.21. The second-order valence-electron chi connectivity index (χ2n) is 6.28. The Morgan fingerprint density at radius 3 is 2.52 bits per heavy atom. The number of hydrogen-bond acceptors (Lipinski definition) is 7. The number of esters is 1. The second-order valence-corrected chi connectivity index (χ2v) is 8.13. The maximum absolute atomic E-state index is 13.1. The summed E-state index contributed by atoms with van der Waals surface area (Å²) in [6, 6.07) is 8.81. The predicted octanol–water partition coefficient (Wildman–Crippen LogP) is 4.39. The van der Waals surface area contributed by atoms with Crippen molar-refractivity contribution in [2.45, 2.75) is 6.54 Å². The highest BCUT2D eigenvalue weighted by Gasteiger charge is 2.35. The Morgan fingerprint density at radius 1 is 1.16 bits per heavy atom. The van der Waals surface area contributed by atoms with E-state index in [2.05, 4.69) is 20.7 Å². The number of amides is 2. The number of rotatable bonds is 7. The Kier molecular flexibility index (Phi) is 7.34. The van der Waals surface area contributed by atoms with Crippen molar-refractivity contribution in [3.63, 3.8) is 0 Å². The van der Waals surface area contributed by atoms with Gasteiger partial charge >= 0.3 is 5.97 Å². The quantitative estimate of drug-likeness (QED) is 0.404. The van der Waals surface area contributed by atoms with E-state index in [9.17, 15) is 18.8 Å². The van der Waals surface area contributed by atoms with Gasteiger partial charge < -0.3 is 14.2 Å². The molecule has 31 heavy (non-hydrogen) atoms. The Labute approximate surface area is 190 Å². The van der Waals surface area contributed by atoms with E-state index >= 15 is 0 Å². The third-order valence-corrected chi connectivity index (χ3v) is 5.86. The Hall–Kier alpha value is -2.85. The number of ether oxygens (including phenoxy) is 3. The lowest BCUT2D eigenvalue weighted by molar-refractivity contribution is -0.142. The molecule has 1 saturated heterocycles. The summed E-state index contributed by atoms with van der Waals surface area (Å²) in [5.41, 5.74) is 1.22. The molecule has 2 aromatic rings. The number of nitrogens with zero attached hydrogens (tertiary/aromatic N) is 1. The third kappa shape index (κ3) is 5.45. The van der Waals surface area contributed by atoms with Crippen LogP contribution in [0.5, 0.6) is 11.5 Å². The third-order valence-electron chi connectivity index (χ3n) is 4.27. The minimum Gasteiger partial charge on any atom is -0.493 e. The molecule has 0 radical (unpaired) electrons. The summed E-state index contributed by atoms with van der Waals surface area (Å²) in [5, 5.41) is -0.415. The van der Waals surface area contributed by atoms with E-state index in [0.29, 0.717) is 27.1 Å². The molecular formula is C21H17BrFNO6S. The molecule has 0 bridgehead atoms. The molecule has 10 heteroatoms. The van der Waals surface area contributed by atoms with Crippen LogP contribution in [0.25, 0.3) is 6.08 Å². The first-order valence-corrected chi connectivity index (χ1v) is 10.5. The molecule has 0 saturated carbocycles. The van der Waals surface area contributed by atoms with Crippen molar-refractivity contribution < 1.29 is 33.0 Å². The molecule has 3 rings (SSSR count).